The fourth-order valence-electron chi connectivity index (χ4n) is 2.75. The number of aliphatic carboxylic acids is 1. The Morgan fingerprint density at radius 3 is 2.14 bits per heavy atom. The maximum Gasteiger partial charge on any atom is 0.408 e. The van der Waals surface area contributed by atoms with Gasteiger partial charge in [0.2, 0.25) is 0 Å². The van der Waals surface area contributed by atoms with Crippen molar-refractivity contribution in [2.45, 2.75) is 44.8 Å². The van der Waals surface area contributed by atoms with Gasteiger partial charge in [-0.15, -0.1) is 0 Å². The molecular weight excluding hydrogens is 403 g/mol. The number of hydrogen-bond donors (Lipinski definition) is 2. The third-order valence-electron chi connectivity index (χ3n) is 4.21. The number of rotatable bonds is 5. The van der Waals surface area contributed by atoms with E-state index in [1.54, 1.807) is 51.1 Å². The number of carboxylic acids is 1. The van der Waals surface area contributed by atoms with Crippen molar-refractivity contribution in [2.75, 3.05) is 0 Å². The summed E-state index contributed by atoms with van der Waals surface area (Å²) in [6.07, 6.45) is 0.690. The second-order valence-corrected chi connectivity index (χ2v) is 8.33. The van der Waals surface area contributed by atoms with Crippen LogP contribution in [0.3, 0.4) is 0 Å². The summed E-state index contributed by atoms with van der Waals surface area (Å²) in [5.41, 5.74) is -1.35. The number of carbonyl (C=O) groups excluding carboxylic acids is 1. The summed E-state index contributed by atoms with van der Waals surface area (Å²) in [7, 11) is 0. The van der Waals surface area contributed by atoms with E-state index >= 15 is 0 Å². The van der Waals surface area contributed by atoms with E-state index in [4.69, 9.17) is 27.9 Å². The molecule has 1 amide bonds. The molecule has 1 heterocycles. The summed E-state index contributed by atoms with van der Waals surface area (Å²) in [4.78, 5) is 28.9. The lowest BCUT2D eigenvalue weighted by molar-refractivity contribution is -0.144. The molecule has 2 rings (SSSR count). The number of nitrogens with zero attached hydrogens (tertiary/aromatic N) is 1. The fraction of sp³-hybridized carbons (Fsp3) is 0.350. The van der Waals surface area contributed by atoms with Crippen LogP contribution in [0.4, 0.5) is 4.79 Å². The topological polar surface area (TPSA) is 88.5 Å². The molecule has 0 saturated carbocycles. The van der Waals surface area contributed by atoms with E-state index in [9.17, 15) is 14.7 Å². The third-order valence-corrected chi connectivity index (χ3v) is 4.69. The minimum absolute atomic E-state index is 0.253. The van der Waals surface area contributed by atoms with Gasteiger partial charge in [0.15, 0.2) is 0 Å². The number of halogens is 2. The highest BCUT2D eigenvalue weighted by Crippen LogP contribution is 2.38. The van der Waals surface area contributed by atoms with Gasteiger partial charge >= 0.3 is 12.1 Å². The molecule has 2 atom stereocenters. The third kappa shape index (κ3) is 5.14. The molecule has 2 aromatic rings. The van der Waals surface area contributed by atoms with Crippen LogP contribution in [0.5, 0.6) is 0 Å². The maximum absolute atomic E-state index is 12.5. The summed E-state index contributed by atoms with van der Waals surface area (Å²) in [5, 5.41) is 13.5. The summed E-state index contributed by atoms with van der Waals surface area (Å²) in [6, 6.07) is 8.60. The standard InChI is InChI=1S/C20H22Cl2N2O4/c1-19(2,3)28-18(27)24-16(12-5-10-15(22)23-11-12)20(4,17(25)26)13-6-8-14(21)9-7-13/h5-11,16H,1-4H3,(H,24,27)(H,25,26)/t16-,20+/m1/s1. The highest BCUT2D eigenvalue weighted by molar-refractivity contribution is 6.30. The number of carbonyl (C=O) groups is 2. The number of nitrogens with one attached hydrogen (secondary N) is 1. The molecule has 0 spiro atoms. The zero-order valence-electron chi connectivity index (χ0n) is 16.0. The quantitative estimate of drug-likeness (QED) is 0.659. The van der Waals surface area contributed by atoms with E-state index in [-0.39, 0.29) is 5.15 Å². The Labute approximate surface area is 173 Å². The molecule has 0 saturated heterocycles. The normalized spacial score (nSPS) is 14.6. The van der Waals surface area contributed by atoms with Crippen molar-refractivity contribution < 1.29 is 19.4 Å². The maximum atomic E-state index is 12.5. The zero-order valence-corrected chi connectivity index (χ0v) is 17.5. The van der Waals surface area contributed by atoms with Gasteiger partial charge in [0.05, 0.1) is 6.04 Å². The van der Waals surface area contributed by atoms with Gasteiger partial charge in [-0.3, -0.25) is 4.79 Å². The lowest BCUT2D eigenvalue weighted by Gasteiger charge is -2.35. The molecule has 0 fully saturated rings. The van der Waals surface area contributed by atoms with E-state index in [2.05, 4.69) is 10.3 Å². The summed E-state index contributed by atoms with van der Waals surface area (Å²) in [6.45, 7) is 6.69. The van der Waals surface area contributed by atoms with E-state index in [1.807, 2.05) is 0 Å². The molecule has 0 bridgehead atoms. The molecule has 8 heteroatoms. The highest BCUT2D eigenvalue weighted by atomic mass is 35.5. The van der Waals surface area contributed by atoms with Gasteiger partial charge < -0.3 is 15.2 Å². The number of aromatic nitrogens is 1. The Morgan fingerprint density at radius 1 is 1.07 bits per heavy atom. The lowest BCUT2D eigenvalue weighted by Crippen LogP contribution is -2.48. The summed E-state index contributed by atoms with van der Waals surface area (Å²) < 4.78 is 5.33. The monoisotopic (exact) mass is 424 g/mol. The van der Waals surface area contributed by atoms with Crippen LogP contribution < -0.4 is 5.32 Å². The predicted octanol–water partition coefficient (Wildman–Crippen LogP) is 5.00. The number of hydrogen-bond acceptors (Lipinski definition) is 4. The minimum Gasteiger partial charge on any atom is -0.481 e. The van der Waals surface area contributed by atoms with Gasteiger partial charge in [-0.1, -0.05) is 41.4 Å². The molecule has 28 heavy (non-hydrogen) atoms. The smallest absolute Gasteiger partial charge is 0.408 e. The number of amides is 1. The van der Waals surface area contributed by atoms with Crippen molar-refractivity contribution in [3.8, 4) is 0 Å². The van der Waals surface area contributed by atoms with Crippen LogP contribution in [0.15, 0.2) is 42.6 Å². The summed E-state index contributed by atoms with van der Waals surface area (Å²) >= 11 is 11.8. The molecule has 0 aliphatic heterocycles. The molecule has 6 nitrogen and oxygen atoms in total. The van der Waals surface area contributed by atoms with Crippen LogP contribution in [0.1, 0.15) is 44.9 Å². The molecule has 0 aliphatic carbocycles. The van der Waals surface area contributed by atoms with E-state index in [0.717, 1.165) is 0 Å². The van der Waals surface area contributed by atoms with Crippen molar-refractivity contribution >= 4 is 35.3 Å². The Kier molecular flexibility index (Phi) is 6.57. The molecule has 1 aromatic carbocycles. The van der Waals surface area contributed by atoms with Crippen molar-refractivity contribution in [1.29, 1.82) is 0 Å². The molecule has 2 N–H and O–H groups in total. The largest absolute Gasteiger partial charge is 0.481 e. The molecule has 150 valence electrons. The van der Waals surface area contributed by atoms with Gasteiger partial charge in [-0.2, -0.15) is 0 Å². The van der Waals surface area contributed by atoms with Crippen LogP contribution in [0.2, 0.25) is 10.2 Å². The first-order valence-electron chi connectivity index (χ1n) is 8.54. The van der Waals surface area contributed by atoms with Gasteiger partial charge in [0, 0.05) is 11.2 Å². The Hall–Kier alpha value is -2.31. The van der Waals surface area contributed by atoms with E-state index < -0.39 is 29.1 Å². The SMILES string of the molecule is CC(C)(C)OC(=O)N[C@H](c1ccc(Cl)nc1)[C@@](C)(C(=O)O)c1ccc(Cl)cc1. The molecule has 1 aromatic heterocycles. The van der Waals surface area contributed by atoms with E-state index in [0.29, 0.717) is 16.1 Å². The first-order valence-corrected chi connectivity index (χ1v) is 9.29. The molecule has 0 aliphatic rings. The molecule has 0 radical (unpaired) electrons. The van der Waals surface area contributed by atoms with Crippen LogP contribution >= 0.6 is 23.2 Å². The average Bonchev–Trinajstić information content (AvgIpc) is 2.59. The number of ether oxygens (including phenoxy) is 1. The van der Waals surface area contributed by atoms with Crippen molar-refractivity contribution in [3.63, 3.8) is 0 Å². The van der Waals surface area contributed by atoms with Gasteiger partial charge in [-0.25, -0.2) is 9.78 Å². The lowest BCUT2D eigenvalue weighted by atomic mass is 9.73. The summed E-state index contributed by atoms with van der Waals surface area (Å²) in [5.74, 6) is -1.13. The highest BCUT2D eigenvalue weighted by Gasteiger charge is 2.45. The Morgan fingerprint density at radius 2 is 1.68 bits per heavy atom. The second-order valence-electron chi connectivity index (χ2n) is 7.51. The fourth-order valence-corrected chi connectivity index (χ4v) is 2.99. The van der Waals surface area contributed by atoms with Gasteiger partial charge in [0.25, 0.3) is 0 Å². The molecular formula is C20H22Cl2N2O4. The Balaban J connectivity index is 2.56. The first kappa shape index (κ1) is 22.0. The predicted molar refractivity (Wildman–Crippen MR) is 108 cm³/mol. The van der Waals surface area contributed by atoms with Crippen LogP contribution in [0, 0.1) is 0 Å². The van der Waals surface area contributed by atoms with Crippen molar-refractivity contribution in [3.05, 3.63) is 63.9 Å². The Bertz CT molecular complexity index is 848. The van der Waals surface area contributed by atoms with Crippen LogP contribution in [0.25, 0.3) is 0 Å². The zero-order chi connectivity index (χ0) is 21.1. The van der Waals surface area contributed by atoms with Gasteiger partial charge in [0.1, 0.15) is 16.2 Å². The number of benzene rings is 1. The van der Waals surface area contributed by atoms with Crippen molar-refractivity contribution in [1.82, 2.24) is 10.3 Å². The van der Waals surface area contributed by atoms with Gasteiger partial charge in [-0.05, 0) is 57.0 Å². The van der Waals surface area contributed by atoms with Crippen LogP contribution in [-0.4, -0.2) is 27.8 Å². The van der Waals surface area contributed by atoms with E-state index in [1.165, 1.54) is 19.2 Å². The van der Waals surface area contributed by atoms with Crippen LogP contribution in [-0.2, 0) is 14.9 Å². The number of alkyl carbamates (subject to hydrolysis) is 1. The minimum atomic E-state index is -1.53. The van der Waals surface area contributed by atoms with Crippen molar-refractivity contribution in [2.24, 2.45) is 0 Å². The average molecular weight is 425 g/mol. The second kappa shape index (κ2) is 8.37. The molecule has 0 unspecified atom stereocenters. The first-order chi connectivity index (χ1) is 12.9. The number of carboxylic acid groups (broad SMARTS) is 1. The number of pyridine rings is 1.